The molecule has 0 bridgehead atoms. The number of nitrogens with zero attached hydrogens (tertiary/aromatic N) is 4. The van der Waals surface area contributed by atoms with Crippen molar-refractivity contribution in [2.45, 2.75) is 49.4 Å². The Hall–Kier alpha value is -2.50. The zero-order valence-corrected chi connectivity index (χ0v) is 19.5. The molecule has 2 fully saturated rings. The highest BCUT2D eigenvalue weighted by molar-refractivity contribution is 8.00. The van der Waals surface area contributed by atoms with E-state index in [4.69, 9.17) is 18.9 Å². The monoisotopic (exact) mass is 475 g/mol. The van der Waals surface area contributed by atoms with E-state index >= 15 is 0 Å². The number of morpholine rings is 1. The van der Waals surface area contributed by atoms with Crippen molar-refractivity contribution in [1.29, 1.82) is 0 Å². The van der Waals surface area contributed by atoms with E-state index in [9.17, 15) is 4.79 Å². The number of aromatic nitrogens is 3. The van der Waals surface area contributed by atoms with Gasteiger partial charge < -0.3 is 29.2 Å². The van der Waals surface area contributed by atoms with Crippen LogP contribution in [0.4, 0.5) is 5.95 Å². The first-order valence-electron chi connectivity index (χ1n) is 11.4. The number of anilines is 1. The molecule has 3 aliphatic rings. The second kappa shape index (κ2) is 10.2. The van der Waals surface area contributed by atoms with Gasteiger partial charge in [0, 0.05) is 26.2 Å². The van der Waals surface area contributed by atoms with Gasteiger partial charge in [0.25, 0.3) is 0 Å². The Morgan fingerprint density at radius 3 is 2.88 bits per heavy atom. The molecule has 5 rings (SSSR count). The summed E-state index contributed by atoms with van der Waals surface area (Å²) in [7, 11) is 0. The average molecular weight is 476 g/mol. The van der Waals surface area contributed by atoms with Crippen molar-refractivity contribution < 1.29 is 23.7 Å². The third-order valence-electron chi connectivity index (χ3n) is 5.96. The summed E-state index contributed by atoms with van der Waals surface area (Å²) in [6, 6.07) is 5.69. The van der Waals surface area contributed by atoms with Crippen LogP contribution in [0, 0.1) is 0 Å². The summed E-state index contributed by atoms with van der Waals surface area (Å²) >= 11 is 1.42. The molecule has 0 spiro atoms. The topological polar surface area (TPSA) is 100.0 Å². The van der Waals surface area contributed by atoms with Gasteiger partial charge in [-0.25, -0.2) is 0 Å². The van der Waals surface area contributed by atoms with Crippen LogP contribution in [0.25, 0.3) is 0 Å². The third-order valence-corrected chi connectivity index (χ3v) is 7.04. The van der Waals surface area contributed by atoms with E-state index in [-0.39, 0.29) is 24.1 Å². The minimum Gasteiger partial charge on any atom is -0.454 e. The van der Waals surface area contributed by atoms with Gasteiger partial charge in [0.15, 0.2) is 16.7 Å². The van der Waals surface area contributed by atoms with Gasteiger partial charge in [-0.15, -0.1) is 10.2 Å². The maximum Gasteiger partial charge on any atom is 0.233 e. The van der Waals surface area contributed by atoms with Gasteiger partial charge in [-0.1, -0.05) is 17.8 Å². The maximum absolute atomic E-state index is 12.8. The largest absolute Gasteiger partial charge is 0.454 e. The third kappa shape index (κ3) is 5.20. The molecule has 2 saturated heterocycles. The standard InChI is InChI=1S/C22H29N5O5S/c1-15(20(28)23-12-16-4-5-18-19(11-16)32-14-31-18)33-22-25-24-21(26-6-9-29-10-7-26)27(22)13-17-3-2-8-30-17/h4-5,11,15,17H,2-3,6-10,12-14H2,1H3,(H,23,28). The Bertz CT molecular complexity index is 974. The molecule has 3 aliphatic heterocycles. The first kappa shape index (κ1) is 22.3. The number of ether oxygens (including phenoxy) is 4. The predicted octanol–water partition coefficient (Wildman–Crippen LogP) is 1.82. The predicted molar refractivity (Wildman–Crippen MR) is 122 cm³/mol. The Kier molecular flexibility index (Phi) is 6.88. The van der Waals surface area contributed by atoms with E-state index in [1.807, 2.05) is 25.1 Å². The molecule has 178 valence electrons. The molecule has 0 aliphatic carbocycles. The molecular weight excluding hydrogens is 446 g/mol. The molecule has 4 heterocycles. The van der Waals surface area contributed by atoms with Crippen LogP contribution in [-0.4, -0.2) is 71.7 Å². The number of thioether (sulfide) groups is 1. The molecule has 0 saturated carbocycles. The summed E-state index contributed by atoms with van der Waals surface area (Å²) < 4.78 is 24.2. The average Bonchev–Trinajstić information content (AvgIpc) is 3.60. The fourth-order valence-corrected chi connectivity index (χ4v) is 4.99. The first-order valence-corrected chi connectivity index (χ1v) is 12.3. The number of rotatable bonds is 8. The van der Waals surface area contributed by atoms with Crippen molar-refractivity contribution >= 4 is 23.6 Å². The molecule has 2 unspecified atom stereocenters. The minimum absolute atomic E-state index is 0.0581. The number of fused-ring (bicyclic) bond motifs is 1. The fourth-order valence-electron chi connectivity index (χ4n) is 4.11. The van der Waals surface area contributed by atoms with Crippen molar-refractivity contribution in [1.82, 2.24) is 20.1 Å². The van der Waals surface area contributed by atoms with Crippen molar-refractivity contribution in [3.8, 4) is 11.5 Å². The van der Waals surface area contributed by atoms with Crippen molar-refractivity contribution in [2.75, 3.05) is 44.6 Å². The molecule has 11 heteroatoms. The van der Waals surface area contributed by atoms with Gasteiger partial charge in [0.2, 0.25) is 18.6 Å². The number of hydrogen-bond acceptors (Lipinski definition) is 9. The Morgan fingerprint density at radius 1 is 1.21 bits per heavy atom. The number of carbonyl (C=O) groups is 1. The number of hydrogen-bond donors (Lipinski definition) is 1. The highest BCUT2D eigenvalue weighted by atomic mass is 32.2. The summed E-state index contributed by atoms with van der Waals surface area (Å²) in [6.45, 7) is 6.93. The lowest BCUT2D eigenvalue weighted by atomic mass is 10.2. The second-order valence-corrected chi connectivity index (χ2v) is 9.60. The van der Waals surface area contributed by atoms with Crippen LogP contribution in [-0.2, 0) is 27.4 Å². The smallest absolute Gasteiger partial charge is 0.233 e. The van der Waals surface area contributed by atoms with Gasteiger partial charge in [0.1, 0.15) is 0 Å². The van der Waals surface area contributed by atoms with Crippen LogP contribution in [0.1, 0.15) is 25.3 Å². The molecule has 2 aromatic rings. The lowest BCUT2D eigenvalue weighted by molar-refractivity contribution is -0.120. The van der Waals surface area contributed by atoms with Crippen LogP contribution < -0.4 is 19.7 Å². The Morgan fingerprint density at radius 2 is 2.06 bits per heavy atom. The summed E-state index contributed by atoms with van der Waals surface area (Å²) in [5.74, 6) is 2.21. The summed E-state index contributed by atoms with van der Waals surface area (Å²) in [4.78, 5) is 15.0. The number of nitrogens with one attached hydrogen (secondary N) is 1. The van der Waals surface area contributed by atoms with E-state index in [1.54, 1.807) is 0 Å². The normalized spacial score (nSPS) is 20.8. The molecule has 1 aromatic heterocycles. The van der Waals surface area contributed by atoms with E-state index < -0.39 is 0 Å². The molecule has 1 amide bonds. The molecule has 10 nitrogen and oxygen atoms in total. The van der Waals surface area contributed by atoms with E-state index in [0.29, 0.717) is 32.1 Å². The van der Waals surface area contributed by atoms with Crippen LogP contribution in [0.2, 0.25) is 0 Å². The van der Waals surface area contributed by atoms with E-state index in [2.05, 4.69) is 25.0 Å². The molecule has 0 radical (unpaired) electrons. The minimum atomic E-state index is -0.330. The highest BCUT2D eigenvalue weighted by Crippen LogP contribution is 2.32. The van der Waals surface area contributed by atoms with Gasteiger partial charge in [-0.2, -0.15) is 0 Å². The van der Waals surface area contributed by atoms with Crippen molar-refractivity contribution in [2.24, 2.45) is 0 Å². The summed E-state index contributed by atoms with van der Waals surface area (Å²) in [6.07, 6.45) is 2.24. The second-order valence-electron chi connectivity index (χ2n) is 8.29. The summed E-state index contributed by atoms with van der Waals surface area (Å²) in [5.41, 5.74) is 0.959. The zero-order valence-electron chi connectivity index (χ0n) is 18.7. The Balaban J connectivity index is 1.24. The molecule has 2 atom stereocenters. The fraction of sp³-hybridized carbons (Fsp3) is 0.591. The van der Waals surface area contributed by atoms with Gasteiger partial charge in [-0.05, 0) is 37.5 Å². The van der Waals surface area contributed by atoms with Gasteiger partial charge in [0.05, 0.1) is 31.1 Å². The number of amides is 1. The molecule has 1 N–H and O–H groups in total. The van der Waals surface area contributed by atoms with Crippen LogP contribution in [0.5, 0.6) is 11.5 Å². The molecule has 1 aromatic carbocycles. The van der Waals surface area contributed by atoms with E-state index in [0.717, 1.165) is 55.0 Å². The quantitative estimate of drug-likeness (QED) is 0.573. The van der Waals surface area contributed by atoms with Crippen LogP contribution in [0.3, 0.4) is 0 Å². The van der Waals surface area contributed by atoms with E-state index in [1.165, 1.54) is 11.8 Å². The highest BCUT2D eigenvalue weighted by Gasteiger charge is 2.27. The Labute approximate surface area is 196 Å². The first-order chi connectivity index (χ1) is 16.2. The number of benzene rings is 1. The van der Waals surface area contributed by atoms with Crippen LogP contribution >= 0.6 is 11.8 Å². The zero-order chi connectivity index (χ0) is 22.6. The maximum atomic E-state index is 12.8. The molecule has 33 heavy (non-hydrogen) atoms. The summed E-state index contributed by atoms with van der Waals surface area (Å²) in [5, 5.41) is 12.3. The van der Waals surface area contributed by atoms with Gasteiger partial charge in [-0.3, -0.25) is 9.36 Å². The number of carbonyl (C=O) groups excluding carboxylic acids is 1. The molecular formula is C22H29N5O5S. The van der Waals surface area contributed by atoms with Crippen molar-refractivity contribution in [3.05, 3.63) is 23.8 Å². The lowest BCUT2D eigenvalue weighted by Gasteiger charge is -2.28. The lowest BCUT2D eigenvalue weighted by Crippen LogP contribution is -2.38. The van der Waals surface area contributed by atoms with Crippen molar-refractivity contribution in [3.63, 3.8) is 0 Å². The van der Waals surface area contributed by atoms with Crippen LogP contribution in [0.15, 0.2) is 23.4 Å². The SMILES string of the molecule is CC(Sc1nnc(N2CCOCC2)n1CC1CCCO1)C(=O)NCc1ccc2c(c1)OCO2. The van der Waals surface area contributed by atoms with Gasteiger partial charge >= 0.3 is 0 Å².